The van der Waals surface area contributed by atoms with Gasteiger partial charge in [-0.1, -0.05) is 17.7 Å². The monoisotopic (exact) mass is 295 g/mol. The van der Waals surface area contributed by atoms with Gasteiger partial charge in [0.25, 0.3) is 0 Å². The molecule has 1 aromatic rings. The minimum atomic E-state index is 0.504. The zero-order valence-corrected chi connectivity index (χ0v) is 9.32. The van der Waals surface area contributed by atoms with Gasteiger partial charge < -0.3 is 0 Å². The van der Waals surface area contributed by atoms with Crippen molar-refractivity contribution >= 4 is 49.5 Å². The van der Waals surface area contributed by atoms with E-state index >= 15 is 0 Å². The summed E-state index contributed by atoms with van der Waals surface area (Å²) in [7, 11) is 0. The summed E-state index contributed by atoms with van der Waals surface area (Å²) >= 11 is 12.2. The van der Waals surface area contributed by atoms with E-state index in [2.05, 4.69) is 36.8 Å². The summed E-state index contributed by atoms with van der Waals surface area (Å²) in [6.07, 6.45) is 3.50. The minimum absolute atomic E-state index is 0.504. The normalized spacial score (nSPS) is 9.36. The molecule has 1 rings (SSSR count). The molecule has 0 aliphatic carbocycles. The molecule has 0 aromatic carbocycles. The lowest BCUT2D eigenvalue weighted by Gasteiger charge is -1.94. The van der Waals surface area contributed by atoms with Gasteiger partial charge in [0.1, 0.15) is 5.15 Å². The van der Waals surface area contributed by atoms with Gasteiger partial charge >= 0.3 is 0 Å². The number of aromatic nitrogens is 1. The molecule has 0 spiro atoms. The summed E-state index contributed by atoms with van der Waals surface area (Å²) in [6.45, 7) is 0. The van der Waals surface area contributed by atoms with Crippen LogP contribution in [0.15, 0.2) is 21.7 Å². The summed E-state index contributed by atoms with van der Waals surface area (Å²) in [5, 5.41) is 0.504. The van der Waals surface area contributed by atoms with Gasteiger partial charge in [0, 0.05) is 11.8 Å². The van der Waals surface area contributed by atoms with Crippen LogP contribution in [0.3, 0.4) is 0 Å². The Morgan fingerprint density at radius 3 is 2.82 bits per heavy atom. The SMILES string of the molecule is Clc1ncccc1C=C(Br)Br. The Hall–Kier alpha value is 0.140. The van der Waals surface area contributed by atoms with Crippen molar-refractivity contribution in [1.82, 2.24) is 4.98 Å². The average Bonchev–Trinajstić information content (AvgIpc) is 1.93. The van der Waals surface area contributed by atoms with E-state index < -0.39 is 0 Å². The average molecular weight is 297 g/mol. The van der Waals surface area contributed by atoms with Crippen molar-refractivity contribution in [3.8, 4) is 0 Å². The molecule has 0 aliphatic rings. The predicted molar refractivity (Wildman–Crippen MR) is 55.1 cm³/mol. The summed E-state index contributed by atoms with van der Waals surface area (Å²) in [5.74, 6) is 0. The molecule has 11 heavy (non-hydrogen) atoms. The molecule has 0 atom stereocenters. The van der Waals surface area contributed by atoms with Gasteiger partial charge in [-0.2, -0.15) is 0 Å². The second-order valence-electron chi connectivity index (χ2n) is 1.82. The molecule has 58 valence electrons. The van der Waals surface area contributed by atoms with Crippen LogP contribution in [0.1, 0.15) is 5.56 Å². The highest BCUT2D eigenvalue weighted by molar-refractivity contribution is 9.28. The van der Waals surface area contributed by atoms with Crippen LogP contribution < -0.4 is 0 Å². The lowest BCUT2D eigenvalue weighted by molar-refractivity contribution is 1.32. The van der Waals surface area contributed by atoms with E-state index in [0.29, 0.717) is 5.15 Å². The lowest BCUT2D eigenvalue weighted by Crippen LogP contribution is -1.77. The van der Waals surface area contributed by atoms with Crippen molar-refractivity contribution in [3.63, 3.8) is 0 Å². The van der Waals surface area contributed by atoms with Crippen LogP contribution in [0.2, 0.25) is 5.15 Å². The first-order chi connectivity index (χ1) is 5.20. The maximum atomic E-state index is 5.77. The highest BCUT2D eigenvalue weighted by atomic mass is 79.9. The zero-order chi connectivity index (χ0) is 8.27. The highest BCUT2D eigenvalue weighted by Gasteiger charge is 1.95. The molecule has 0 unspecified atom stereocenters. The van der Waals surface area contributed by atoms with Crippen molar-refractivity contribution < 1.29 is 0 Å². The molecule has 0 fully saturated rings. The molecule has 1 aromatic heterocycles. The van der Waals surface area contributed by atoms with Gasteiger partial charge in [0.15, 0.2) is 0 Å². The smallest absolute Gasteiger partial charge is 0.136 e. The van der Waals surface area contributed by atoms with E-state index in [1.165, 1.54) is 0 Å². The molecule has 0 amide bonds. The molecule has 0 saturated heterocycles. The second-order valence-corrected chi connectivity index (χ2v) is 4.95. The second kappa shape index (κ2) is 4.24. The van der Waals surface area contributed by atoms with E-state index in [4.69, 9.17) is 11.6 Å². The molecular weight excluding hydrogens is 293 g/mol. The number of rotatable bonds is 1. The van der Waals surface area contributed by atoms with E-state index in [0.717, 1.165) is 8.96 Å². The quantitative estimate of drug-likeness (QED) is 0.718. The van der Waals surface area contributed by atoms with E-state index in [1.54, 1.807) is 6.20 Å². The first-order valence-corrected chi connectivity index (χ1v) is 4.80. The zero-order valence-electron chi connectivity index (χ0n) is 5.39. The third-order valence-corrected chi connectivity index (χ3v) is 1.83. The molecule has 4 heteroatoms. The van der Waals surface area contributed by atoms with Crippen LogP contribution in [0.4, 0.5) is 0 Å². The van der Waals surface area contributed by atoms with Crippen LogP contribution in [0.5, 0.6) is 0 Å². The number of halogens is 3. The van der Waals surface area contributed by atoms with Gasteiger partial charge in [0.2, 0.25) is 0 Å². The first kappa shape index (κ1) is 9.23. The summed E-state index contributed by atoms with van der Waals surface area (Å²) in [5.41, 5.74) is 0.887. The van der Waals surface area contributed by atoms with Crippen molar-refractivity contribution in [2.45, 2.75) is 0 Å². The number of pyridine rings is 1. The molecular formula is C7H4Br2ClN. The van der Waals surface area contributed by atoms with E-state index in [1.807, 2.05) is 18.2 Å². The molecule has 0 radical (unpaired) electrons. The summed E-state index contributed by atoms with van der Waals surface area (Å²) in [6, 6.07) is 3.72. The van der Waals surface area contributed by atoms with Crippen molar-refractivity contribution in [1.29, 1.82) is 0 Å². The van der Waals surface area contributed by atoms with Gasteiger partial charge in [-0.25, -0.2) is 4.98 Å². The van der Waals surface area contributed by atoms with E-state index in [9.17, 15) is 0 Å². The van der Waals surface area contributed by atoms with Gasteiger partial charge in [0.05, 0.1) is 3.39 Å². The Balaban J connectivity index is 3.04. The molecule has 0 bridgehead atoms. The van der Waals surface area contributed by atoms with Crippen LogP contribution in [0.25, 0.3) is 6.08 Å². The molecule has 0 aliphatic heterocycles. The third-order valence-electron chi connectivity index (χ3n) is 1.05. The molecule has 1 nitrogen and oxygen atoms in total. The van der Waals surface area contributed by atoms with Gasteiger partial charge in [-0.05, 0) is 44.0 Å². The first-order valence-electron chi connectivity index (χ1n) is 2.83. The van der Waals surface area contributed by atoms with Crippen LogP contribution in [-0.2, 0) is 0 Å². The van der Waals surface area contributed by atoms with Crippen molar-refractivity contribution in [2.24, 2.45) is 0 Å². The Kier molecular flexibility index (Phi) is 3.55. The molecule has 0 saturated carbocycles. The van der Waals surface area contributed by atoms with Gasteiger partial charge in [-0.3, -0.25) is 0 Å². The Labute approximate surface area is 86.7 Å². The maximum Gasteiger partial charge on any atom is 0.136 e. The molecule has 0 N–H and O–H groups in total. The fraction of sp³-hybridized carbons (Fsp3) is 0. The van der Waals surface area contributed by atoms with Crippen LogP contribution in [-0.4, -0.2) is 4.98 Å². The third kappa shape index (κ3) is 2.93. The Morgan fingerprint density at radius 1 is 1.55 bits per heavy atom. The standard InChI is InChI=1S/C7H4Br2ClN/c8-6(9)4-5-2-1-3-11-7(5)10/h1-4H. The minimum Gasteiger partial charge on any atom is -0.244 e. The topological polar surface area (TPSA) is 12.9 Å². The van der Waals surface area contributed by atoms with Crippen molar-refractivity contribution in [2.75, 3.05) is 0 Å². The summed E-state index contributed by atoms with van der Waals surface area (Å²) < 4.78 is 0.847. The van der Waals surface area contributed by atoms with Crippen LogP contribution in [0, 0.1) is 0 Å². The summed E-state index contributed by atoms with van der Waals surface area (Å²) in [4.78, 5) is 3.91. The fourth-order valence-corrected chi connectivity index (χ4v) is 1.29. The predicted octanol–water partition coefficient (Wildman–Crippen LogP) is 3.82. The van der Waals surface area contributed by atoms with Crippen molar-refractivity contribution in [3.05, 3.63) is 32.4 Å². The Bertz CT molecular complexity index is 282. The molecule has 1 heterocycles. The maximum absolute atomic E-state index is 5.77. The Morgan fingerprint density at radius 2 is 2.27 bits per heavy atom. The highest BCUT2D eigenvalue weighted by Crippen LogP contribution is 2.21. The lowest BCUT2D eigenvalue weighted by atomic mass is 10.3. The number of hydrogen-bond donors (Lipinski definition) is 0. The number of nitrogens with zero attached hydrogens (tertiary/aromatic N) is 1. The van der Waals surface area contributed by atoms with Crippen LogP contribution >= 0.6 is 43.5 Å². The van der Waals surface area contributed by atoms with E-state index in [-0.39, 0.29) is 0 Å². The van der Waals surface area contributed by atoms with Gasteiger partial charge in [-0.15, -0.1) is 0 Å². The number of hydrogen-bond acceptors (Lipinski definition) is 1. The fourth-order valence-electron chi connectivity index (χ4n) is 0.624. The largest absolute Gasteiger partial charge is 0.244 e.